The number of ether oxygens (including phenoxy) is 1. The summed E-state index contributed by atoms with van der Waals surface area (Å²) in [7, 11) is 1.66. The topological polar surface area (TPSA) is 9.23 Å². The van der Waals surface area contributed by atoms with Crippen molar-refractivity contribution in [3.63, 3.8) is 0 Å². The number of hydrogen-bond donors (Lipinski definition) is 0. The van der Waals surface area contributed by atoms with Crippen LogP contribution >= 0.6 is 38.9 Å². The van der Waals surface area contributed by atoms with Crippen LogP contribution in [0.3, 0.4) is 0 Å². The monoisotopic (exact) mass is 330 g/mol. The lowest BCUT2D eigenvalue weighted by Gasteiger charge is -2.13. The van der Waals surface area contributed by atoms with E-state index in [4.69, 9.17) is 16.3 Å². The second kappa shape index (κ2) is 5.42. The zero-order valence-corrected chi connectivity index (χ0v) is 12.7. The first-order chi connectivity index (χ1) is 8.11. The summed E-state index contributed by atoms with van der Waals surface area (Å²) in [4.78, 5) is 2.72. The van der Waals surface area contributed by atoms with Gasteiger partial charge in [-0.05, 0) is 31.2 Å². The summed E-state index contributed by atoms with van der Waals surface area (Å²) in [5.74, 6) is 0.811. The van der Waals surface area contributed by atoms with Gasteiger partial charge in [0.05, 0.1) is 11.9 Å². The Morgan fingerprint density at radius 1 is 1.29 bits per heavy atom. The van der Waals surface area contributed by atoms with E-state index in [2.05, 4.69) is 35.0 Å². The molecule has 1 atom stereocenters. The van der Waals surface area contributed by atoms with Crippen molar-refractivity contribution in [3.8, 4) is 5.75 Å². The van der Waals surface area contributed by atoms with Gasteiger partial charge in [0, 0.05) is 20.3 Å². The van der Waals surface area contributed by atoms with Crippen LogP contribution in [0.1, 0.15) is 20.1 Å². The second-order valence-corrected chi connectivity index (χ2v) is 6.37. The zero-order chi connectivity index (χ0) is 12.4. The number of benzene rings is 1. The molecule has 1 nitrogen and oxygen atoms in total. The fraction of sp³-hybridized carbons (Fsp3) is 0.231. The molecule has 0 N–H and O–H groups in total. The lowest BCUT2D eigenvalue weighted by molar-refractivity contribution is 0.410. The van der Waals surface area contributed by atoms with Crippen molar-refractivity contribution in [2.45, 2.75) is 11.8 Å². The molecule has 1 unspecified atom stereocenters. The summed E-state index contributed by atoms with van der Waals surface area (Å²) in [6.45, 7) is 2.10. The molecule has 0 aliphatic rings. The molecule has 1 aromatic carbocycles. The summed E-state index contributed by atoms with van der Waals surface area (Å²) in [5.41, 5.74) is 1.10. The fourth-order valence-corrected chi connectivity index (χ4v) is 3.48. The van der Waals surface area contributed by atoms with Gasteiger partial charge in [-0.1, -0.05) is 33.6 Å². The maximum atomic E-state index is 5.96. The van der Waals surface area contributed by atoms with Gasteiger partial charge >= 0.3 is 0 Å². The number of thiophene rings is 1. The average molecular weight is 332 g/mol. The first-order valence-electron chi connectivity index (χ1n) is 5.15. The van der Waals surface area contributed by atoms with E-state index >= 15 is 0 Å². The van der Waals surface area contributed by atoms with Gasteiger partial charge in [0.15, 0.2) is 0 Å². The highest BCUT2D eigenvalue weighted by Gasteiger charge is 2.16. The molecule has 0 saturated carbocycles. The Hall–Kier alpha value is -0.510. The standard InChI is InChI=1S/C13H12BrClOS/c1-8-3-6-12(17-8)13(14)10-5-4-9(15)7-11(10)16-2/h3-7,13H,1-2H3. The lowest BCUT2D eigenvalue weighted by atomic mass is 10.1. The Labute approximate surface area is 119 Å². The third kappa shape index (κ3) is 2.84. The molecule has 2 rings (SSSR count). The molecule has 0 fully saturated rings. The van der Waals surface area contributed by atoms with Crippen LogP contribution in [-0.2, 0) is 0 Å². The molecule has 0 amide bonds. The van der Waals surface area contributed by atoms with Crippen molar-refractivity contribution in [3.05, 3.63) is 50.7 Å². The maximum absolute atomic E-state index is 5.96. The van der Waals surface area contributed by atoms with E-state index in [0.29, 0.717) is 5.02 Å². The SMILES string of the molecule is COc1cc(Cl)ccc1C(Br)c1ccc(C)s1. The molecule has 4 heteroatoms. The maximum Gasteiger partial charge on any atom is 0.125 e. The van der Waals surface area contributed by atoms with Gasteiger partial charge in [-0.25, -0.2) is 0 Å². The molecule has 90 valence electrons. The van der Waals surface area contributed by atoms with E-state index < -0.39 is 0 Å². The molecule has 2 aromatic rings. The van der Waals surface area contributed by atoms with Crippen molar-refractivity contribution in [1.82, 2.24) is 0 Å². The van der Waals surface area contributed by atoms with Crippen LogP contribution in [0, 0.1) is 6.92 Å². The molecule has 0 spiro atoms. The van der Waals surface area contributed by atoms with E-state index in [1.165, 1.54) is 9.75 Å². The molecule has 0 aliphatic carbocycles. The highest BCUT2D eigenvalue weighted by molar-refractivity contribution is 9.09. The van der Waals surface area contributed by atoms with Crippen molar-refractivity contribution in [1.29, 1.82) is 0 Å². The molecule has 1 heterocycles. The zero-order valence-electron chi connectivity index (χ0n) is 9.54. The number of halogens is 2. The predicted molar refractivity (Wildman–Crippen MR) is 77.8 cm³/mol. The van der Waals surface area contributed by atoms with Gasteiger partial charge in [-0.15, -0.1) is 11.3 Å². The van der Waals surface area contributed by atoms with E-state index in [1.807, 2.05) is 18.2 Å². The molecular weight excluding hydrogens is 320 g/mol. The Morgan fingerprint density at radius 2 is 2.06 bits per heavy atom. The van der Waals surface area contributed by atoms with Crippen molar-refractivity contribution < 1.29 is 4.74 Å². The van der Waals surface area contributed by atoms with Gasteiger partial charge in [-0.2, -0.15) is 0 Å². The molecule has 17 heavy (non-hydrogen) atoms. The Kier molecular flexibility index (Phi) is 4.13. The van der Waals surface area contributed by atoms with Gasteiger partial charge in [-0.3, -0.25) is 0 Å². The summed E-state index contributed by atoms with van der Waals surface area (Å²) in [6, 6.07) is 9.97. The minimum Gasteiger partial charge on any atom is -0.496 e. The van der Waals surface area contributed by atoms with Crippen LogP contribution < -0.4 is 4.74 Å². The first-order valence-corrected chi connectivity index (χ1v) is 7.26. The van der Waals surface area contributed by atoms with E-state index in [1.54, 1.807) is 18.4 Å². The number of alkyl halides is 1. The number of hydrogen-bond acceptors (Lipinski definition) is 2. The van der Waals surface area contributed by atoms with Crippen molar-refractivity contribution >= 4 is 38.9 Å². The largest absolute Gasteiger partial charge is 0.496 e. The highest BCUT2D eigenvalue weighted by Crippen LogP contribution is 2.40. The van der Waals surface area contributed by atoms with Crippen LogP contribution in [0.25, 0.3) is 0 Å². The number of methoxy groups -OCH3 is 1. The highest BCUT2D eigenvalue weighted by atomic mass is 79.9. The predicted octanol–water partition coefficient (Wildman–Crippen LogP) is 5.20. The van der Waals surface area contributed by atoms with E-state index in [9.17, 15) is 0 Å². The summed E-state index contributed by atoms with van der Waals surface area (Å²) < 4.78 is 5.37. The second-order valence-electron chi connectivity index (χ2n) is 3.70. The van der Waals surface area contributed by atoms with Gasteiger partial charge in [0.25, 0.3) is 0 Å². The Morgan fingerprint density at radius 3 is 2.65 bits per heavy atom. The minimum atomic E-state index is 0.147. The van der Waals surface area contributed by atoms with Crippen LogP contribution in [0.5, 0.6) is 5.75 Å². The molecule has 0 radical (unpaired) electrons. The molecule has 0 saturated heterocycles. The molecular formula is C13H12BrClOS. The lowest BCUT2D eigenvalue weighted by Crippen LogP contribution is -1.95. The van der Waals surface area contributed by atoms with Crippen LogP contribution in [-0.4, -0.2) is 7.11 Å². The van der Waals surface area contributed by atoms with E-state index in [0.717, 1.165) is 11.3 Å². The quantitative estimate of drug-likeness (QED) is 0.702. The molecule has 0 bridgehead atoms. The number of rotatable bonds is 3. The number of aryl methyl sites for hydroxylation is 1. The van der Waals surface area contributed by atoms with Crippen molar-refractivity contribution in [2.24, 2.45) is 0 Å². The van der Waals surface area contributed by atoms with E-state index in [-0.39, 0.29) is 4.83 Å². The Bertz CT molecular complexity index is 524. The summed E-state index contributed by atoms with van der Waals surface area (Å²) in [6.07, 6.45) is 0. The van der Waals surface area contributed by atoms with Crippen LogP contribution in [0.2, 0.25) is 5.02 Å². The Balaban J connectivity index is 2.39. The van der Waals surface area contributed by atoms with Gasteiger partial charge < -0.3 is 4.74 Å². The van der Waals surface area contributed by atoms with Gasteiger partial charge in [0.2, 0.25) is 0 Å². The normalized spacial score (nSPS) is 12.5. The van der Waals surface area contributed by atoms with Crippen LogP contribution in [0.4, 0.5) is 0 Å². The first kappa shape index (κ1) is 12.9. The smallest absolute Gasteiger partial charge is 0.125 e. The molecule has 0 aliphatic heterocycles. The average Bonchev–Trinajstić information content (AvgIpc) is 2.75. The van der Waals surface area contributed by atoms with Crippen LogP contribution in [0.15, 0.2) is 30.3 Å². The minimum absolute atomic E-state index is 0.147. The third-order valence-electron chi connectivity index (χ3n) is 2.48. The summed E-state index contributed by atoms with van der Waals surface area (Å²) in [5, 5.41) is 0.688. The summed E-state index contributed by atoms with van der Waals surface area (Å²) >= 11 is 11.4. The molecule has 1 aromatic heterocycles. The van der Waals surface area contributed by atoms with Crippen molar-refractivity contribution in [2.75, 3.05) is 7.11 Å². The van der Waals surface area contributed by atoms with Gasteiger partial charge in [0.1, 0.15) is 5.75 Å². The third-order valence-corrected chi connectivity index (χ3v) is 5.07. The fourth-order valence-electron chi connectivity index (χ4n) is 1.64.